The van der Waals surface area contributed by atoms with Gasteiger partial charge in [-0.1, -0.05) is 24.3 Å². The van der Waals surface area contributed by atoms with Crippen LogP contribution in [0.1, 0.15) is 11.1 Å². The van der Waals surface area contributed by atoms with E-state index in [1.165, 1.54) is 14.2 Å². The van der Waals surface area contributed by atoms with Gasteiger partial charge in [-0.25, -0.2) is 0 Å². The second-order valence-electron chi connectivity index (χ2n) is 5.06. The monoisotopic (exact) mass is 315 g/mol. The third-order valence-corrected chi connectivity index (χ3v) is 3.59. The summed E-state index contributed by atoms with van der Waals surface area (Å²) in [5, 5.41) is 2.86. The van der Waals surface area contributed by atoms with E-state index in [1.807, 2.05) is 31.2 Å². The molecule has 0 saturated heterocycles. The number of hydrogen-bond donors (Lipinski definition) is 1. The number of benzene rings is 2. The van der Waals surface area contributed by atoms with Crippen LogP contribution in [0.3, 0.4) is 0 Å². The average molecular weight is 315 g/mol. The molecule has 0 heterocycles. The molecule has 2 aromatic carbocycles. The van der Waals surface area contributed by atoms with Gasteiger partial charge in [-0.15, -0.1) is 0 Å². The van der Waals surface area contributed by atoms with Crippen molar-refractivity contribution in [2.75, 3.05) is 26.6 Å². The fourth-order valence-corrected chi connectivity index (χ4v) is 2.29. The Kier molecular flexibility index (Phi) is 5.46. The number of ether oxygens (including phenoxy) is 3. The van der Waals surface area contributed by atoms with Crippen molar-refractivity contribution in [1.29, 1.82) is 0 Å². The van der Waals surface area contributed by atoms with E-state index >= 15 is 0 Å². The first-order valence-electron chi connectivity index (χ1n) is 7.23. The minimum atomic E-state index is -0.138. The van der Waals surface area contributed by atoms with Crippen LogP contribution < -0.4 is 19.5 Å². The smallest absolute Gasteiger partial charge is 0.229 e. The Hall–Kier alpha value is -2.69. The first kappa shape index (κ1) is 16.7. The van der Waals surface area contributed by atoms with Gasteiger partial charge >= 0.3 is 0 Å². The lowest BCUT2D eigenvalue weighted by atomic mass is 10.1. The number of rotatable bonds is 6. The van der Waals surface area contributed by atoms with Gasteiger partial charge in [0, 0.05) is 12.1 Å². The molecular weight excluding hydrogens is 294 g/mol. The molecule has 0 aliphatic carbocycles. The Morgan fingerprint density at radius 3 is 2.13 bits per heavy atom. The fourth-order valence-electron chi connectivity index (χ4n) is 2.29. The lowest BCUT2D eigenvalue weighted by Gasteiger charge is -2.16. The lowest BCUT2D eigenvalue weighted by Crippen LogP contribution is -2.16. The van der Waals surface area contributed by atoms with Crippen molar-refractivity contribution in [1.82, 2.24) is 0 Å². The molecular formula is C18H21NO4. The topological polar surface area (TPSA) is 56.8 Å². The Morgan fingerprint density at radius 1 is 1.00 bits per heavy atom. The van der Waals surface area contributed by atoms with E-state index in [0.717, 1.165) is 11.1 Å². The number of anilines is 1. The predicted octanol–water partition coefficient (Wildman–Crippen LogP) is 3.20. The number of methoxy groups -OCH3 is 3. The van der Waals surface area contributed by atoms with Gasteiger partial charge in [0.25, 0.3) is 0 Å². The molecule has 1 amide bonds. The van der Waals surface area contributed by atoms with Crippen LogP contribution in [0.2, 0.25) is 0 Å². The highest BCUT2D eigenvalue weighted by Crippen LogP contribution is 2.38. The molecule has 5 heteroatoms. The number of aryl methyl sites for hydroxylation is 1. The zero-order chi connectivity index (χ0) is 16.8. The quantitative estimate of drug-likeness (QED) is 0.889. The van der Waals surface area contributed by atoms with Crippen molar-refractivity contribution in [3.8, 4) is 17.2 Å². The maximum absolute atomic E-state index is 12.4. The van der Waals surface area contributed by atoms with Gasteiger partial charge in [-0.3, -0.25) is 4.79 Å². The first-order chi connectivity index (χ1) is 11.1. The summed E-state index contributed by atoms with van der Waals surface area (Å²) in [5.74, 6) is 1.43. The van der Waals surface area contributed by atoms with Gasteiger partial charge in [-0.2, -0.15) is 0 Å². The molecule has 1 N–H and O–H groups in total. The van der Waals surface area contributed by atoms with Crippen LogP contribution in [-0.2, 0) is 11.2 Å². The summed E-state index contributed by atoms with van der Waals surface area (Å²) in [7, 11) is 4.63. The summed E-state index contributed by atoms with van der Waals surface area (Å²) < 4.78 is 15.9. The highest BCUT2D eigenvalue weighted by Gasteiger charge is 2.16. The van der Waals surface area contributed by atoms with Crippen molar-refractivity contribution in [2.24, 2.45) is 0 Å². The number of hydrogen-bond acceptors (Lipinski definition) is 4. The van der Waals surface area contributed by atoms with E-state index in [-0.39, 0.29) is 12.3 Å². The molecule has 0 unspecified atom stereocenters. The van der Waals surface area contributed by atoms with Gasteiger partial charge < -0.3 is 19.5 Å². The third-order valence-electron chi connectivity index (χ3n) is 3.59. The molecule has 0 radical (unpaired) electrons. The molecule has 2 aromatic rings. The van der Waals surface area contributed by atoms with Crippen molar-refractivity contribution in [2.45, 2.75) is 13.3 Å². The summed E-state index contributed by atoms with van der Waals surface area (Å²) in [6, 6.07) is 11.2. The van der Waals surface area contributed by atoms with Gasteiger partial charge in [-0.05, 0) is 18.1 Å². The Morgan fingerprint density at radius 2 is 1.61 bits per heavy atom. The second-order valence-corrected chi connectivity index (χ2v) is 5.06. The summed E-state index contributed by atoms with van der Waals surface area (Å²) in [6.45, 7) is 1.98. The zero-order valence-electron chi connectivity index (χ0n) is 13.8. The molecule has 5 nitrogen and oxygen atoms in total. The van der Waals surface area contributed by atoms with E-state index in [9.17, 15) is 4.79 Å². The second kappa shape index (κ2) is 7.54. The highest BCUT2D eigenvalue weighted by atomic mass is 16.5. The molecule has 0 fully saturated rings. The van der Waals surface area contributed by atoms with Crippen molar-refractivity contribution in [3.05, 3.63) is 47.5 Å². The molecule has 23 heavy (non-hydrogen) atoms. The van der Waals surface area contributed by atoms with Crippen molar-refractivity contribution < 1.29 is 19.0 Å². The van der Waals surface area contributed by atoms with Gasteiger partial charge in [0.1, 0.15) is 22.9 Å². The molecule has 122 valence electrons. The number of carbonyl (C=O) groups excluding carboxylic acids is 1. The summed E-state index contributed by atoms with van der Waals surface area (Å²) >= 11 is 0. The SMILES string of the molecule is COc1cc(OC)c(NC(=O)Cc2ccccc2C)c(OC)c1. The van der Waals surface area contributed by atoms with Crippen molar-refractivity contribution >= 4 is 11.6 Å². The Balaban J connectivity index is 2.25. The number of nitrogens with one attached hydrogen (secondary N) is 1. The molecule has 0 aliphatic rings. The number of carbonyl (C=O) groups is 1. The largest absolute Gasteiger partial charge is 0.496 e. The van der Waals surface area contributed by atoms with Gasteiger partial charge in [0.15, 0.2) is 0 Å². The molecule has 0 aromatic heterocycles. The van der Waals surface area contributed by atoms with Crippen LogP contribution in [-0.4, -0.2) is 27.2 Å². The minimum absolute atomic E-state index is 0.138. The van der Waals surface area contributed by atoms with Crippen LogP contribution in [0.25, 0.3) is 0 Å². The standard InChI is InChI=1S/C18H21NO4/c1-12-7-5-6-8-13(12)9-17(20)19-18-15(22-3)10-14(21-2)11-16(18)23-4/h5-8,10-11H,9H2,1-4H3,(H,19,20). The Labute approximate surface area is 136 Å². The van der Waals surface area contributed by atoms with Crippen LogP contribution >= 0.6 is 0 Å². The maximum Gasteiger partial charge on any atom is 0.229 e. The number of amides is 1. The first-order valence-corrected chi connectivity index (χ1v) is 7.23. The molecule has 2 rings (SSSR count). The summed E-state index contributed by atoms with van der Waals surface area (Å²) in [5.41, 5.74) is 2.56. The molecule has 0 atom stereocenters. The van der Waals surface area contributed by atoms with E-state index < -0.39 is 0 Å². The fraction of sp³-hybridized carbons (Fsp3) is 0.278. The highest BCUT2D eigenvalue weighted by molar-refractivity contribution is 5.95. The molecule has 0 bridgehead atoms. The van der Waals surface area contributed by atoms with E-state index in [0.29, 0.717) is 22.9 Å². The predicted molar refractivity (Wildman–Crippen MR) is 89.6 cm³/mol. The molecule has 0 spiro atoms. The van der Waals surface area contributed by atoms with Gasteiger partial charge in [0.05, 0.1) is 27.8 Å². The Bertz CT molecular complexity index is 672. The van der Waals surface area contributed by atoms with Gasteiger partial charge in [0.2, 0.25) is 5.91 Å². The maximum atomic E-state index is 12.4. The normalized spacial score (nSPS) is 10.1. The zero-order valence-corrected chi connectivity index (χ0v) is 13.8. The van der Waals surface area contributed by atoms with Crippen LogP contribution in [0.4, 0.5) is 5.69 Å². The summed E-state index contributed by atoms with van der Waals surface area (Å²) in [4.78, 5) is 12.4. The summed E-state index contributed by atoms with van der Waals surface area (Å²) in [6.07, 6.45) is 0.283. The average Bonchev–Trinajstić information content (AvgIpc) is 2.57. The van der Waals surface area contributed by atoms with Crippen LogP contribution in [0.5, 0.6) is 17.2 Å². The third kappa shape index (κ3) is 3.94. The molecule has 0 aliphatic heterocycles. The molecule has 0 saturated carbocycles. The van der Waals surface area contributed by atoms with E-state index in [4.69, 9.17) is 14.2 Å². The van der Waals surface area contributed by atoms with E-state index in [1.54, 1.807) is 19.2 Å². The lowest BCUT2D eigenvalue weighted by molar-refractivity contribution is -0.115. The minimum Gasteiger partial charge on any atom is -0.496 e. The van der Waals surface area contributed by atoms with Crippen molar-refractivity contribution in [3.63, 3.8) is 0 Å². The van der Waals surface area contributed by atoms with E-state index in [2.05, 4.69) is 5.32 Å². The van der Waals surface area contributed by atoms with Crippen LogP contribution in [0, 0.1) is 6.92 Å². The van der Waals surface area contributed by atoms with Crippen LogP contribution in [0.15, 0.2) is 36.4 Å².